The first kappa shape index (κ1) is 11.5. The lowest BCUT2D eigenvalue weighted by Gasteiger charge is -2.28. The Labute approximate surface area is 113 Å². The van der Waals surface area contributed by atoms with E-state index in [2.05, 4.69) is 13.0 Å². The second-order valence-electron chi connectivity index (χ2n) is 6.74. The van der Waals surface area contributed by atoms with E-state index in [0.29, 0.717) is 29.3 Å². The largest absolute Gasteiger partial charge is 0.508 e. The van der Waals surface area contributed by atoms with Crippen LogP contribution < -0.4 is 0 Å². The van der Waals surface area contributed by atoms with Crippen LogP contribution in [0.25, 0.3) is 0 Å². The van der Waals surface area contributed by atoms with E-state index in [0.717, 1.165) is 25.2 Å². The Morgan fingerprint density at radius 1 is 1.26 bits per heavy atom. The fourth-order valence-electron chi connectivity index (χ4n) is 5.02. The highest BCUT2D eigenvalue weighted by molar-refractivity contribution is 5.85. The lowest BCUT2D eigenvalue weighted by molar-refractivity contribution is -0.126. The number of hydrogen-bond acceptors (Lipinski definition) is 2. The summed E-state index contributed by atoms with van der Waals surface area (Å²) in [5.41, 5.74) is 2.61. The van der Waals surface area contributed by atoms with Crippen molar-refractivity contribution in [1.82, 2.24) is 0 Å². The fraction of sp³-hybridized carbons (Fsp3) is 0.588. The molecule has 0 heterocycles. The molecule has 2 saturated carbocycles. The molecule has 100 valence electrons. The molecule has 0 amide bonds. The molecule has 5 unspecified atom stereocenters. The van der Waals surface area contributed by atoms with Crippen molar-refractivity contribution in [3.05, 3.63) is 29.3 Å². The van der Waals surface area contributed by atoms with Gasteiger partial charge in [-0.05, 0) is 66.7 Å². The third-order valence-corrected chi connectivity index (χ3v) is 5.87. The number of phenols is 1. The summed E-state index contributed by atoms with van der Waals surface area (Å²) >= 11 is 0. The van der Waals surface area contributed by atoms with Gasteiger partial charge in [-0.2, -0.15) is 0 Å². The molecule has 2 heteroatoms. The van der Waals surface area contributed by atoms with Crippen LogP contribution in [0.5, 0.6) is 5.75 Å². The SMILES string of the molecule is CC1C(=O)C2CCC(C2)C2Cc3cc(O)ccc3C12. The number of carbonyl (C=O) groups excluding carboxylic acids is 1. The molecule has 0 spiro atoms. The molecule has 3 aliphatic rings. The number of aromatic hydroxyl groups is 1. The van der Waals surface area contributed by atoms with Crippen LogP contribution in [-0.4, -0.2) is 10.9 Å². The lowest BCUT2D eigenvalue weighted by Crippen LogP contribution is -2.27. The van der Waals surface area contributed by atoms with E-state index in [-0.39, 0.29) is 5.92 Å². The topological polar surface area (TPSA) is 37.3 Å². The number of Topliss-reactive ketones (excluding diaryl/α,β-unsaturated/α-hetero) is 1. The van der Waals surface area contributed by atoms with Crippen molar-refractivity contribution in [1.29, 1.82) is 0 Å². The van der Waals surface area contributed by atoms with Crippen LogP contribution >= 0.6 is 0 Å². The number of rotatable bonds is 0. The standard InChI is InChI=1S/C17H20O2/c1-9-16-14-5-4-13(18)7-12(14)8-15(16)10-2-3-11(6-10)17(9)19/h4-5,7,9-11,15-16,18H,2-3,6,8H2,1H3. The number of benzene rings is 1. The summed E-state index contributed by atoms with van der Waals surface area (Å²) in [6.07, 6.45) is 4.51. The summed E-state index contributed by atoms with van der Waals surface area (Å²) in [5.74, 6) is 3.10. The first-order valence-electron chi connectivity index (χ1n) is 7.50. The van der Waals surface area contributed by atoms with Crippen LogP contribution in [0.3, 0.4) is 0 Å². The first-order chi connectivity index (χ1) is 9.15. The van der Waals surface area contributed by atoms with E-state index < -0.39 is 0 Å². The maximum absolute atomic E-state index is 12.6. The van der Waals surface area contributed by atoms with Crippen LogP contribution in [0.2, 0.25) is 0 Å². The van der Waals surface area contributed by atoms with Gasteiger partial charge in [0.15, 0.2) is 0 Å². The molecule has 0 saturated heterocycles. The van der Waals surface area contributed by atoms with E-state index in [1.807, 2.05) is 6.07 Å². The van der Waals surface area contributed by atoms with Gasteiger partial charge in [0.25, 0.3) is 0 Å². The van der Waals surface area contributed by atoms with Crippen molar-refractivity contribution in [3.8, 4) is 5.75 Å². The minimum Gasteiger partial charge on any atom is -0.508 e. The van der Waals surface area contributed by atoms with Gasteiger partial charge < -0.3 is 5.11 Å². The Morgan fingerprint density at radius 3 is 2.95 bits per heavy atom. The molecule has 1 N–H and O–H groups in total. The van der Waals surface area contributed by atoms with Gasteiger partial charge in [0.1, 0.15) is 11.5 Å². The van der Waals surface area contributed by atoms with Crippen LogP contribution in [0.4, 0.5) is 0 Å². The van der Waals surface area contributed by atoms with Crippen LogP contribution in [0, 0.1) is 23.7 Å². The van der Waals surface area contributed by atoms with Gasteiger partial charge in [0.05, 0.1) is 0 Å². The third-order valence-electron chi connectivity index (χ3n) is 5.87. The fourth-order valence-corrected chi connectivity index (χ4v) is 5.02. The minimum absolute atomic E-state index is 0.158. The summed E-state index contributed by atoms with van der Waals surface area (Å²) in [6.45, 7) is 2.13. The molecule has 2 fully saturated rings. The summed E-state index contributed by atoms with van der Waals surface area (Å²) in [6, 6.07) is 5.74. The molecule has 0 aromatic heterocycles. The Bertz CT molecular complexity index is 548. The van der Waals surface area contributed by atoms with Gasteiger partial charge in [-0.1, -0.05) is 13.0 Å². The molecule has 4 rings (SSSR count). The van der Waals surface area contributed by atoms with Crippen molar-refractivity contribution in [2.45, 2.75) is 38.5 Å². The Hall–Kier alpha value is -1.31. The van der Waals surface area contributed by atoms with Gasteiger partial charge >= 0.3 is 0 Å². The normalized spacial score (nSPS) is 39.8. The van der Waals surface area contributed by atoms with Crippen molar-refractivity contribution in [2.24, 2.45) is 23.7 Å². The van der Waals surface area contributed by atoms with Crippen molar-refractivity contribution in [2.75, 3.05) is 0 Å². The molecule has 0 radical (unpaired) electrons. The third kappa shape index (κ3) is 1.52. The number of ketones is 1. The Morgan fingerprint density at radius 2 is 2.11 bits per heavy atom. The Balaban J connectivity index is 1.82. The smallest absolute Gasteiger partial charge is 0.139 e. The molecule has 2 nitrogen and oxygen atoms in total. The summed E-state index contributed by atoms with van der Waals surface area (Å²) in [4.78, 5) is 12.6. The van der Waals surface area contributed by atoms with E-state index in [4.69, 9.17) is 0 Å². The van der Waals surface area contributed by atoms with E-state index >= 15 is 0 Å². The zero-order valence-electron chi connectivity index (χ0n) is 11.3. The van der Waals surface area contributed by atoms with Gasteiger partial charge in [0.2, 0.25) is 0 Å². The highest BCUT2D eigenvalue weighted by Gasteiger charge is 2.49. The van der Waals surface area contributed by atoms with Gasteiger partial charge in [-0.3, -0.25) is 4.79 Å². The minimum atomic E-state index is 0.158. The molecule has 2 bridgehead atoms. The number of hydrogen-bond donors (Lipinski definition) is 1. The highest BCUT2D eigenvalue weighted by Crippen LogP contribution is 2.55. The molecule has 1 aromatic rings. The zero-order chi connectivity index (χ0) is 13.1. The maximum Gasteiger partial charge on any atom is 0.139 e. The predicted octanol–water partition coefficient (Wildman–Crippen LogP) is 3.28. The van der Waals surface area contributed by atoms with E-state index in [1.54, 1.807) is 6.07 Å². The highest BCUT2D eigenvalue weighted by atomic mass is 16.3. The second kappa shape index (κ2) is 3.84. The van der Waals surface area contributed by atoms with Crippen molar-refractivity contribution >= 4 is 5.78 Å². The van der Waals surface area contributed by atoms with E-state index in [1.165, 1.54) is 17.5 Å². The number of fused-ring (bicyclic) bond motifs is 6. The number of carbonyl (C=O) groups is 1. The summed E-state index contributed by atoms with van der Waals surface area (Å²) < 4.78 is 0. The van der Waals surface area contributed by atoms with Crippen LogP contribution in [0.15, 0.2) is 18.2 Å². The monoisotopic (exact) mass is 256 g/mol. The molecule has 0 aliphatic heterocycles. The van der Waals surface area contributed by atoms with Gasteiger partial charge in [-0.15, -0.1) is 0 Å². The van der Waals surface area contributed by atoms with Gasteiger partial charge in [-0.25, -0.2) is 0 Å². The van der Waals surface area contributed by atoms with Crippen molar-refractivity contribution in [3.63, 3.8) is 0 Å². The molecule has 19 heavy (non-hydrogen) atoms. The van der Waals surface area contributed by atoms with Crippen LogP contribution in [-0.2, 0) is 11.2 Å². The predicted molar refractivity (Wildman–Crippen MR) is 73.0 cm³/mol. The lowest BCUT2D eigenvalue weighted by atomic mass is 9.75. The Kier molecular flexibility index (Phi) is 2.33. The zero-order valence-corrected chi connectivity index (χ0v) is 11.3. The quantitative estimate of drug-likeness (QED) is 0.773. The van der Waals surface area contributed by atoms with Gasteiger partial charge in [0, 0.05) is 11.8 Å². The summed E-state index contributed by atoms with van der Waals surface area (Å²) in [7, 11) is 0. The second-order valence-corrected chi connectivity index (χ2v) is 6.74. The molecule has 5 atom stereocenters. The maximum atomic E-state index is 12.6. The first-order valence-corrected chi connectivity index (χ1v) is 7.50. The average molecular weight is 256 g/mol. The van der Waals surface area contributed by atoms with E-state index in [9.17, 15) is 9.90 Å². The summed E-state index contributed by atoms with van der Waals surface area (Å²) in [5, 5.41) is 9.67. The average Bonchev–Trinajstić information content (AvgIpc) is 2.97. The molecule has 3 aliphatic carbocycles. The van der Waals surface area contributed by atoms with Crippen molar-refractivity contribution < 1.29 is 9.90 Å². The number of phenolic OH excluding ortho intramolecular Hbond substituents is 1. The molecular formula is C17H20O2. The molecular weight excluding hydrogens is 236 g/mol. The van der Waals surface area contributed by atoms with Crippen LogP contribution in [0.1, 0.15) is 43.2 Å². The molecule has 1 aromatic carbocycles.